The van der Waals surface area contributed by atoms with Gasteiger partial charge in [0, 0.05) is 0 Å². The molecule has 1 aromatic heterocycles. The molecule has 0 radical (unpaired) electrons. The second-order valence-corrected chi connectivity index (χ2v) is 7.71. The number of hydrogen-bond donors (Lipinski definition) is 2. The number of nitrogens with two attached hydrogens (primary N) is 1. The fourth-order valence-corrected chi connectivity index (χ4v) is 3.64. The number of para-hydroxylation sites is 2. The molecule has 1 aromatic carbocycles. The minimum Gasteiger partial charge on any atom is -0.382 e. The second-order valence-electron chi connectivity index (χ2n) is 7.71. The first kappa shape index (κ1) is 17.7. The first-order valence-corrected chi connectivity index (χ1v) is 8.75. The summed E-state index contributed by atoms with van der Waals surface area (Å²) in [4.78, 5) is 4.47. The molecule has 4 rings (SSSR count). The van der Waals surface area contributed by atoms with Crippen molar-refractivity contribution >= 4 is 11.0 Å². The summed E-state index contributed by atoms with van der Waals surface area (Å²) in [5, 5.41) is 11.0. The van der Waals surface area contributed by atoms with Crippen molar-refractivity contribution in [2.75, 3.05) is 12.4 Å². The van der Waals surface area contributed by atoms with Crippen LogP contribution in [0.25, 0.3) is 11.0 Å². The molecular formula is C18H25N3O5. The van der Waals surface area contributed by atoms with E-state index < -0.39 is 29.9 Å². The largest absolute Gasteiger partial charge is 0.382 e. The number of rotatable bonds is 3. The molecule has 2 saturated heterocycles. The van der Waals surface area contributed by atoms with Crippen molar-refractivity contribution in [3.63, 3.8) is 0 Å². The van der Waals surface area contributed by atoms with Crippen molar-refractivity contribution in [3.8, 4) is 0 Å². The minimum absolute atomic E-state index is 0.320. The smallest absolute Gasteiger partial charge is 0.164 e. The van der Waals surface area contributed by atoms with Crippen molar-refractivity contribution in [3.05, 3.63) is 30.1 Å². The molecule has 0 amide bonds. The predicted molar refractivity (Wildman–Crippen MR) is 93.6 cm³/mol. The molecular weight excluding hydrogens is 338 g/mol. The summed E-state index contributed by atoms with van der Waals surface area (Å²) in [6.07, 6.45) is -2.64. The Balaban J connectivity index is 1.66. The number of aliphatic hydroxyl groups is 1. The van der Waals surface area contributed by atoms with E-state index >= 15 is 0 Å². The molecule has 4 atom stereocenters. The number of fused-ring (bicyclic) bond motifs is 1. The lowest BCUT2D eigenvalue weighted by molar-refractivity contribution is -0.175. The highest BCUT2D eigenvalue weighted by Gasteiger charge is 2.53. The minimum atomic E-state index is -1.08. The number of aromatic nitrogens is 2. The highest BCUT2D eigenvalue weighted by Crippen LogP contribution is 2.40. The summed E-state index contributed by atoms with van der Waals surface area (Å²) in [6.45, 7) is 7.66. The Labute approximate surface area is 151 Å². The molecule has 0 spiro atoms. The zero-order valence-corrected chi connectivity index (χ0v) is 15.4. The summed E-state index contributed by atoms with van der Waals surface area (Å²) >= 11 is 0. The van der Waals surface area contributed by atoms with Crippen LogP contribution in [0.2, 0.25) is 0 Å². The van der Waals surface area contributed by atoms with Crippen LogP contribution in [0, 0.1) is 0 Å². The van der Waals surface area contributed by atoms with Crippen molar-refractivity contribution in [1.29, 1.82) is 0 Å². The van der Waals surface area contributed by atoms with E-state index in [1.807, 2.05) is 38.1 Å². The maximum atomic E-state index is 11.0. The van der Waals surface area contributed by atoms with E-state index in [4.69, 9.17) is 24.8 Å². The number of nitrogen functional groups attached to an aromatic ring is 1. The molecule has 0 saturated carbocycles. The van der Waals surface area contributed by atoms with Crippen LogP contribution in [0.1, 0.15) is 39.6 Å². The molecule has 142 valence electrons. The fourth-order valence-electron chi connectivity index (χ4n) is 3.64. The normalized spacial score (nSPS) is 31.5. The van der Waals surface area contributed by atoms with Crippen molar-refractivity contribution in [2.24, 2.45) is 0 Å². The molecule has 4 unspecified atom stereocenters. The Hall–Kier alpha value is -1.71. The van der Waals surface area contributed by atoms with Gasteiger partial charge in [-0.3, -0.25) is 0 Å². The van der Waals surface area contributed by atoms with Crippen LogP contribution >= 0.6 is 0 Å². The lowest BCUT2D eigenvalue weighted by atomic mass is 10.0. The van der Waals surface area contributed by atoms with Crippen LogP contribution in [0.4, 0.5) is 0 Å². The van der Waals surface area contributed by atoms with Gasteiger partial charge >= 0.3 is 0 Å². The third-order valence-electron chi connectivity index (χ3n) is 4.76. The zero-order valence-electron chi connectivity index (χ0n) is 15.4. The number of hydrogen-bond acceptors (Lipinski definition) is 7. The third-order valence-corrected chi connectivity index (χ3v) is 4.76. The Morgan fingerprint density at radius 1 is 1.15 bits per heavy atom. The molecule has 26 heavy (non-hydrogen) atoms. The van der Waals surface area contributed by atoms with E-state index in [2.05, 4.69) is 4.98 Å². The van der Waals surface area contributed by atoms with E-state index in [1.54, 1.807) is 13.8 Å². The maximum absolute atomic E-state index is 11.0. The molecule has 8 heteroatoms. The molecule has 3 N–H and O–H groups in total. The summed E-state index contributed by atoms with van der Waals surface area (Å²) in [5.74, 6) is 4.92. The van der Waals surface area contributed by atoms with Gasteiger partial charge in [-0.05, 0) is 39.8 Å². The first-order valence-electron chi connectivity index (χ1n) is 8.75. The van der Waals surface area contributed by atoms with Gasteiger partial charge in [0.05, 0.1) is 17.6 Å². The van der Waals surface area contributed by atoms with Crippen LogP contribution < -0.4 is 5.84 Å². The first-order chi connectivity index (χ1) is 12.2. The van der Waals surface area contributed by atoms with Gasteiger partial charge in [0.15, 0.2) is 17.4 Å². The molecule has 2 aliphatic rings. The maximum Gasteiger partial charge on any atom is 0.164 e. The number of aliphatic hydroxyl groups excluding tert-OH is 1. The van der Waals surface area contributed by atoms with E-state index in [-0.39, 0.29) is 6.10 Å². The van der Waals surface area contributed by atoms with Gasteiger partial charge in [0.25, 0.3) is 0 Å². The molecule has 0 aliphatic carbocycles. The van der Waals surface area contributed by atoms with Gasteiger partial charge in [-0.15, -0.1) is 0 Å². The zero-order chi connectivity index (χ0) is 18.7. The Bertz CT molecular complexity index is 818. The Morgan fingerprint density at radius 2 is 1.88 bits per heavy atom. The average Bonchev–Trinajstić information content (AvgIpc) is 3.20. The van der Waals surface area contributed by atoms with E-state index in [0.29, 0.717) is 17.9 Å². The van der Waals surface area contributed by atoms with Gasteiger partial charge in [-0.25, -0.2) is 9.66 Å². The fraction of sp³-hybridized carbons (Fsp3) is 0.611. The summed E-state index contributed by atoms with van der Waals surface area (Å²) in [5.41, 5.74) is 1.44. The van der Waals surface area contributed by atoms with E-state index in [0.717, 1.165) is 5.52 Å². The van der Waals surface area contributed by atoms with Crippen LogP contribution in [-0.4, -0.2) is 51.3 Å². The van der Waals surface area contributed by atoms with Gasteiger partial charge < -0.3 is 29.9 Å². The van der Waals surface area contributed by atoms with Gasteiger partial charge in [-0.1, -0.05) is 12.1 Å². The predicted octanol–water partition coefficient (Wildman–Crippen LogP) is 1.46. The van der Waals surface area contributed by atoms with Crippen molar-refractivity contribution in [2.45, 2.75) is 63.7 Å². The molecule has 2 fully saturated rings. The molecule has 3 heterocycles. The quantitative estimate of drug-likeness (QED) is 0.796. The summed E-state index contributed by atoms with van der Waals surface area (Å²) in [6, 6.07) is 7.44. The molecule has 0 bridgehead atoms. The van der Waals surface area contributed by atoms with Gasteiger partial charge in [-0.2, -0.15) is 0 Å². The number of benzene rings is 1. The highest BCUT2D eigenvalue weighted by atomic mass is 16.8. The SMILES string of the molecule is CC1(C)OCC(C2OC(C)(C)OC2C(O)c2nc3ccccc3n2N)O1. The number of imidazole rings is 1. The average molecular weight is 363 g/mol. The Kier molecular flexibility index (Phi) is 4.01. The second kappa shape index (κ2) is 5.90. The number of nitrogens with zero attached hydrogens (tertiary/aromatic N) is 2. The summed E-state index contributed by atoms with van der Waals surface area (Å²) < 4.78 is 25.0. The van der Waals surface area contributed by atoms with E-state index in [9.17, 15) is 5.11 Å². The topological polar surface area (TPSA) is 101 Å². The lowest BCUT2D eigenvalue weighted by Gasteiger charge is -2.26. The standard InChI is InChI=1S/C18H25N3O5/c1-17(2)23-9-12(24-17)14-15(26-18(3,4)25-14)13(22)16-20-10-7-5-6-8-11(10)21(16)19/h5-8,12-15,22H,9,19H2,1-4H3. The van der Waals surface area contributed by atoms with Crippen LogP contribution in [0.3, 0.4) is 0 Å². The van der Waals surface area contributed by atoms with E-state index in [1.165, 1.54) is 4.68 Å². The van der Waals surface area contributed by atoms with Crippen molar-refractivity contribution < 1.29 is 24.1 Å². The van der Waals surface area contributed by atoms with Crippen LogP contribution in [0.5, 0.6) is 0 Å². The van der Waals surface area contributed by atoms with Crippen molar-refractivity contribution in [1.82, 2.24) is 9.66 Å². The Morgan fingerprint density at radius 3 is 2.54 bits per heavy atom. The highest BCUT2D eigenvalue weighted by molar-refractivity contribution is 5.76. The monoisotopic (exact) mass is 363 g/mol. The molecule has 2 aliphatic heterocycles. The number of ether oxygens (including phenoxy) is 4. The van der Waals surface area contributed by atoms with Crippen LogP contribution in [0.15, 0.2) is 24.3 Å². The molecule has 2 aromatic rings. The lowest BCUT2D eigenvalue weighted by Crippen LogP contribution is -2.41. The van der Waals surface area contributed by atoms with Gasteiger partial charge in [0.1, 0.15) is 24.4 Å². The third kappa shape index (κ3) is 2.97. The van der Waals surface area contributed by atoms with Gasteiger partial charge in [0.2, 0.25) is 0 Å². The van der Waals surface area contributed by atoms with Crippen LogP contribution in [-0.2, 0) is 18.9 Å². The molecule has 8 nitrogen and oxygen atoms in total. The summed E-state index contributed by atoms with van der Waals surface area (Å²) in [7, 11) is 0.